The van der Waals surface area contributed by atoms with E-state index in [-0.39, 0.29) is 18.4 Å². The van der Waals surface area contributed by atoms with Gasteiger partial charge in [-0.1, -0.05) is 19.1 Å². The average Bonchev–Trinajstić information content (AvgIpc) is 2.36. The van der Waals surface area contributed by atoms with E-state index in [4.69, 9.17) is 10.5 Å². The number of carbonyl (C=O) groups is 1. The summed E-state index contributed by atoms with van der Waals surface area (Å²) in [5.74, 6) is 0.0913. The molecule has 4 heteroatoms. The number of nitrogens with two attached hydrogens (primary N) is 1. The van der Waals surface area contributed by atoms with Crippen LogP contribution in [0.25, 0.3) is 0 Å². The van der Waals surface area contributed by atoms with Gasteiger partial charge >= 0.3 is 0 Å². The molecule has 0 bridgehead atoms. The molecule has 1 aromatic rings. The fraction of sp³-hybridized carbons (Fsp3) is 0.500. The Bertz CT molecular complexity index is 445. The second-order valence-corrected chi connectivity index (χ2v) is 4.85. The topological polar surface area (TPSA) is 72.6 Å². The molecule has 0 saturated heterocycles. The maximum absolute atomic E-state index is 11.0. The molecule has 3 N–H and O–H groups in total. The van der Waals surface area contributed by atoms with Crippen molar-refractivity contribution in [2.45, 2.75) is 32.3 Å². The summed E-state index contributed by atoms with van der Waals surface area (Å²) in [5.41, 5.74) is 7.21. The van der Waals surface area contributed by atoms with Crippen molar-refractivity contribution < 1.29 is 14.6 Å². The third kappa shape index (κ3) is 2.64. The Balaban J connectivity index is 2.14. The molecule has 0 aliphatic heterocycles. The highest BCUT2D eigenvalue weighted by molar-refractivity contribution is 5.76. The first-order valence-corrected chi connectivity index (χ1v) is 6.31. The predicted molar refractivity (Wildman–Crippen MR) is 68.2 cm³/mol. The van der Waals surface area contributed by atoms with Crippen LogP contribution in [0.3, 0.4) is 0 Å². The van der Waals surface area contributed by atoms with E-state index >= 15 is 0 Å². The Labute approximate surface area is 107 Å². The lowest BCUT2D eigenvalue weighted by Gasteiger charge is -2.24. The van der Waals surface area contributed by atoms with Gasteiger partial charge < -0.3 is 15.6 Å². The number of amides is 1. The van der Waals surface area contributed by atoms with Crippen LogP contribution in [0.2, 0.25) is 0 Å². The van der Waals surface area contributed by atoms with Crippen molar-refractivity contribution in [1.29, 1.82) is 0 Å². The summed E-state index contributed by atoms with van der Waals surface area (Å²) in [7, 11) is 0. The van der Waals surface area contributed by atoms with Crippen LogP contribution >= 0.6 is 0 Å². The zero-order valence-corrected chi connectivity index (χ0v) is 10.6. The minimum Gasteiger partial charge on any atom is -0.492 e. The van der Waals surface area contributed by atoms with Crippen LogP contribution in [-0.4, -0.2) is 17.6 Å². The molecule has 4 nitrogen and oxygen atoms in total. The van der Waals surface area contributed by atoms with Crippen LogP contribution in [0, 0.1) is 5.92 Å². The summed E-state index contributed by atoms with van der Waals surface area (Å²) in [4.78, 5) is 11.0. The van der Waals surface area contributed by atoms with Gasteiger partial charge in [0.05, 0.1) is 18.6 Å². The van der Waals surface area contributed by atoms with Crippen LogP contribution in [-0.2, 0) is 11.2 Å². The number of aliphatic hydroxyl groups is 1. The third-order valence-corrected chi connectivity index (χ3v) is 3.41. The lowest BCUT2D eigenvalue weighted by Crippen LogP contribution is -2.26. The number of hydrogen-bond acceptors (Lipinski definition) is 3. The standard InChI is InChI=1S/C14H19NO3/c1-9(14(15)17)8-18-13-7-3-4-10-11(13)5-2-6-12(10)16/h3-4,7,9,12,16H,2,5-6,8H2,1H3,(H2,15,17). The molecule has 98 valence electrons. The molecule has 1 aliphatic rings. The van der Waals surface area contributed by atoms with E-state index in [9.17, 15) is 9.90 Å². The first-order chi connectivity index (χ1) is 8.59. The van der Waals surface area contributed by atoms with Gasteiger partial charge in [-0.05, 0) is 36.5 Å². The van der Waals surface area contributed by atoms with Crippen LogP contribution < -0.4 is 10.5 Å². The Morgan fingerprint density at radius 1 is 1.61 bits per heavy atom. The van der Waals surface area contributed by atoms with Gasteiger partial charge in [-0.15, -0.1) is 0 Å². The summed E-state index contributed by atoms with van der Waals surface area (Å²) in [6.07, 6.45) is 2.27. The molecule has 1 amide bonds. The minimum atomic E-state index is -0.397. The summed E-state index contributed by atoms with van der Waals surface area (Å²) < 4.78 is 5.66. The lowest BCUT2D eigenvalue weighted by atomic mass is 9.89. The first kappa shape index (κ1) is 12.9. The van der Waals surface area contributed by atoms with E-state index in [1.54, 1.807) is 6.92 Å². The molecule has 2 rings (SSSR count). The molecular formula is C14H19NO3. The largest absolute Gasteiger partial charge is 0.492 e. The summed E-state index contributed by atoms with van der Waals surface area (Å²) in [6, 6.07) is 5.69. The van der Waals surface area contributed by atoms with Crippen LogP contribution in [0.1, 0.15) is 37.0 Å². The molecular weight excluding hydrogens is 230 g/mol. The second-order valence-electron chi connectivity index (χ2n) is 4.85. The Hall–Kier alpha value is -1.55. The SMILES string of the molecule is CC(COc1cccc2c1CCCC2O)C(N)=O. The molecule has 1 aliphatic carbocycles. The quantitative estimate of drug-likeness (QED) is 0.850. The van der Waals surface area contributed by atoms with Crippen molar-refractivity contribution in [3.63, 3.8) is 0 Å². The van der Waals surface area contributed by atoms with Crippen molar-refractivity contribution in [1.82, 2.24) is 0 Å². The maximum atomic E-state index is 11.0. The number of aliphatic hydroxyl groups excluding tert-OH is 1. The predicted octanol–water partition coefficient (Wildman–Crippen LogP) is 1.56. The van der Waals surface area contributed by atoms with E-state index in [0.29, 0.717) is 0 Å². The molecule has 0 aromatic heterocycles. The molecule has 0 fully saturated rings. The van der Waals surface area contributed by atoms with E-state index in [0.717, 1.165) is 36.1 Å². The number of carbonyl (C=O) groups excluding carboxylic acids is 1. The fourth-order valence-electron chi connectivity index (χ4n) is 2.22. The van der Waals surface area contributed by atoms with Crippen LogP contribution in [0.4, 0.5) is 0 Å². The molecule has 2 atom stereocenters. The molecule has 0 heterocycles. The smallest absolute Gasteiger partial charge is 0.223 e. The maximum Gasteiger partial charge on any atom is 0.223 e. The van der Waals surface area contributed by atoms with E-state index in [1.807, 2.05) is 18.2 Å². The number of rotatable bonds is 4. The highest BCUT2D eigenvalue weighted by Gasteiger charge is 2.21. The Morgan fingerprint density at radius 2 is 2.39 bits per heavy atom. The van der Waals surface area contributed by atoms with Gasteiger partial charge in [0.25, 0.3) is 0 Å². The van der Waals surface area contributed by atoms with Crippen molar-refractivity contribution in [2.24, 2.45) is 11.7 Å². The van der Waals surface area contributed by atoms with E-state index in [2.05, 4.69) is 0 Å². The molecule has 0 spiro atoms. The normalized spacial score (nSPS) is 20.0. The number of primary amides is 1. The van der Waals surface area contributed by atoms with Crippen LogP contribution in [0.5, 0.6) is 5.75 Å². The van der Waals surface area contributed by atoms with Crippen LogP contribution in [0.15, 0.2) is 18.2 Å². The first-order valence-electron chi connectivity index (χ1n) is 6.31. The fourth-order valence-corrected chi connectivity index (χ4v) is 2.22. The Morgan fingerprint density at radius 3 is 3.11 bits per heavy atom. The van der Waals surface area contributed by atoms with E-state index in [1.165, 1.54) is 0 Å². The molecule has 2 unspecified atom stereocenters. The minimum absolute atomic E-state index is 0.280. The van der Waals surface area contributed by atoms with Crippen molar-refractivity contribution in [2.75, 3.05) is 6.61 Å². The zero-order chi connectivity index (χ0) is 13.1. The number of fused-ring (bicyclic) bond motifs is 1. The Kier molecular flexibility index (Phi) is 3.87. The number of benzene rings is 1. The van der Waals surface area contributed by atoms with Crippen molar-refractivity contribution in [3.8, 4) is 5.75 Å². The van der Waals surface area contributed by atoms with E-state index < -0.39 is 6.10 Å². The molecule has 1 aromatic carbocycles. The van der Waals surface area contributed by atoms with Crippen molar-refractivity contribution in [3.05, 3.63) is 29.3 Å². The van der Waals surface area contributed by atoms with Gasteiger partial charge in [0.15, 0.2) is 0 Å². The van der Waals surface area contributed by atoms with Gasteiger partial charge in [-0.3, -0.25) is 4.79 Å². The van der Waals surface area contributed by atoms with Gasteiger partial charge in [-0.2, -0.15) is 0 Å². The highest BCUT2D eigenvalue weighted by atomic mass is 16.5. The second kappa shape index (κ2) is 5.40. The number of ether oxygens (including phenoxy) is 1. The summed E-state index contributed by atoms with van der Waals surface area (Å²) in [6.45, 7) is 2.02. The molecule has 0 saturated carbocycles. The van der Waals surface area contributed by atoms with Gasteiger partial charge in [0.2, 0.25) is 5.91 Å². The monoisotopic (exact) mass is 249 g/mol. The van der Waals surface area contributed by atoms with Gasteiger partial charge in [0, 0.05) is 0 Å². The molecule has 0 radical (unpaired) electrons. The van der Waals surface area contributed by atoms with Crippen molar-refractivity contribution >= 4 is 5.91 Å². The summed E-state index contributed by atoms with van der Waals surface area (Å²) >= 11 is 0. The zero-order valence-electron chi connectivity index (χ0n) is 10.6. The lowest BCUT2D eigenvalue weighted by molar-refractivity contribution is -0.122. The molecule has 18 heavy (non-hydrogen) atoms. The average molecular weight is 249 g/mol. The van der Waals surface area contributed by atoms with Gasteiger partial charge in [-0.25, -0.2) is 0 Å². The van der Waals surface area contributed by atoms with Gasteiger partial charge in [0.1, 0.15) is 5.75 Å². The third-order valence-electron chi connectivity index (χ3n) is 3.41. The number of hydrogen-bond donors (Lipinski definition) is 2. The highest BCUT2D eigenvalue weighted by Crippen LogP contribution is 2.35. The summed E-state index contributed by atoms with van der Waals surface area (Å²) in [5, 5.41) is 9.92.